The van der Waals surface area contributed by atoms with Crippen LogP contribution in [-0.2, 0) is 9.84 Å². The van der Waals surface area contributed by atoms with Crippen LogP contribution in [0.15, 0.2) is 36.4 Å². The highest BCUT2D eigenvalue weighted by atomic mass is 32.2. The van der Waals surface area contributed by atoms with E-state index in [-0.39, 0.29) is 11.2 Å². The Morgan fingerprint density at radius 3 is 2.44 bits per heavy atom. The molecule has 25 heavy (non-hydrogen) atoms. The van der Waals surface area contributed by atoms with Gasteiger partial charge in [0.15, 0.2) is 9.84 Å². The Morgan fingerprint density at radius 2 is 1.68 bits per heavy atom. The molecule has 5 nitrogen and oxygen atoms in total. The zero-order chi connectivity index (χ0) is 17.4. The highest BCUT2D eigenvalue weighted by Gasteiger charge is 2.43. The number of nitrogens with zero attached hydrogens (tertiary/aromatic N) is 2. The maximum atomic E-state index is 12.7. The Kier molecular flexibility index (Phi) is 4.23. The predicted octanol–water partition coefficient (Wildman–Crippen LogP) is 2.81. The SMILES string of the molecule is O=C(c1ccc2ccccc2n1)N1CC(S(=O)(=O)C2CCCCC2)C1. The molecule has 0 N–H and O–H groups in total. The lowest BCUT2D eigenvalue weighted by molar-refractivity contribution is 0.0652. The summed E-state index contributed by atoms with van der Waals surface area (Å²) in [5, 5.41) is 0.378. The molecule has 0 bridgehead atoms. The first-order valence-corrected chi connectivity index (χ1v) is 10.5. The Balaban J connectivity index is 1.44. The van der Waals surface area contributed by atoms with E-state index >= 15 is 0 Å². The second-order valence-corrected chi connectivity index (χ2v) is 9.58. The second kappa shape index (κ2) is 6.41. The van der Waals surface area contributed by atoms with Crippen LogP contribution in [0.5, 0.6) is 0 Å². The van der Waals surface area contributed by atoms with E-state index < -0.39 is 15.1 Å². The van der Waals surface area contributed by atoms with E-state index in [9.17, 15) is 13.2 Å². The maximum Gasteiger partial charge on any atom is 0.272 e. The normalized spacial score (nSPS) is 19.8. The van der Waals surface area contributed by atoms with Gasteiger partial charge in [-0.2, -0.15) is 0 Å². The second-order valence-electron chi connectivity index (χ2n) is 7.07. The molecule has 0 atom stereocenters. The van der Waals surface area contributed by atoms with E-state index in [4.69, 9.17) is 0 Å². The first kappa shape index (κ1) is 16.5. The number of carbonyl (C=O) groups excluding carboxylic acids is 1. The lowest BCUT2D eigenvalue weighted by Gasteiger charge is -2.40. The van der Waals surface area contributed by atoms with Gasteiger partial charge in [0.25, 0.3) is 5.91 Å². The van der Waals surface area contributed by atoms with Crippen LogP contribution in [0.2, 0.25) is 0 Å². The number of hydrogen-bond acceptors (Lipinski definition) is 4. The standard InChI is InChI=1S/C19H22N2O3S/c22-19(18-11-10-14-6-4-5-9-17(14)20-18)21-12-16(13-21)25(23,24)15-7-2-1-3-8-15/h4-6,9-11,15-16H,1-3,7-8,12-13H2. The Bertz CT molecular complexity index is 898. The van der Waals surface area contributed by atoms with Gasteiger partial charge < -0.3 is 4.90 Å². The van der Waals surface area contributed by atoms with Gasteiger partial charge >= 0.3 is 0 Å². The minimum atomic E-state index is -3.12. The largest absolute Gasteiger partial charge is 0.335 e. The average Bonchev–Trinajstić information content (AvgIpc) is 2.60. The molecule has 1 aromatic carbocycles. The molecular weight excluding hydrogens is 336 g/mol. The molecule has 4 rings (SSSR count). The number of likely N-dealkylation sites (tertiary alicyclic amines) is 1. The summed E-state index contributed by atoms with van der Waals surface area (Å²) in [5.74, 6) is -0.180. The Hall–Kier alpha value is -1.95. The Morgan fingerprint density at radius 1 is 0.960 bits per heavy atom. The molecule has 1 aliphatic carbocycles. The van der Waals surface area contributed by atoms with Crippen molar-refractivity contribution >= 4 is 26.6 Å². The van der Waals surface area contributed by atoms with Crippen molar-refractivity contribution in [2.75, 3.05) is 13.1 Å². The summed E-state index contributed by atoms with van der Waals surface area (Å²) in [6.45, 7) is 0.596. The highest BCUT2D eigenvalue weighted by Crippen LogP contribution is 2.30. The van der Waals surface area contributed by atoms with E-state index in [0.29, 0.717) is 18.8 Å². The summed E-state index contributed by atoms with van der Waals surface area (Å²) in [6, 6.07) is 11.2. The molecule has 1 amide bonds. The third-order valence-electron chi connectivity index (χ3n) is 5.43. The monoisotopic (exact) mass is 358 g/mol. The summed E-state index contributed by atoms with van der Waals surface area (Å²) in [6.07, 6.45) is 4.69. The smallest absolute Gasteiger partial charge is 0.272 e. The van der Waals surface area contributed by atoms with Crippen LogP contribution in [0, 0.1) is 0 Å². The third-order valence-corrected chi connectivity index (χ3v) is 8.06. The van der Waals surface area contributed by atoms with Crippen LogP contribution in [0.25, 0.3) is 10.9 Å². The number of hydrogen-bond donors (Lipinski definition) is 0. The molecule has 1 aliphatic heterocycles. The average molecular weight is 358 g/mol. The molecule has 2 aromatic rings. The molecule has 1 saturated carbocycles. The molecule has 0 spiro atoms. The number of fused-ring (bicyclic) bond motifs is 1. The first-order valence-electron chi connectivity index (χ1n) is 8.93. The van der Waals surface area contributed by atoms with Gasteiger partial charge in [0.1, 0.15) is 5.69 Å². The van der Waals surface area contributed by atoms with Crippen LogP contribution in [0.3, 0.4) is 0 Å². The summed E-state index contributed by atoms with van der Waals surface area (Å²) in [4.78, 5) is 18.6. The van der Waals surface area contributed by atoms with Gasteiger partial charge in [-0.15, -0.1) is 0 Å². The van der Waals surface area contributed by atoms with Gasteiger partial charge in [-0.3, -0.25) is 4.79 Å². The fourth-order valence-electron chi connectivity index (χ4n) is 3.82. The summed E-state index contributed by atoms with van der Waals surface area (Å²) < 4.78 is 25.4. The number of carbonyl (C=O) groups is 1. The lowest BCUT2D eigenvalue weighted by Crippen LogP contribution is -2.58. The molecule has 2 fully saturated rings. The van der Waals surface area contributed by atoms with Crippen LogP contribution in [0.1, 0.15) is 42.6 Å². The van der Waals surface area contributed by atoms with Gasteiger partial charge in [0.05, 0.1) is 16.0 Å². The van der Waals surface area contributed by atoms with E-state index in [2.05, 4.69) is 4.98 Å². The Labute approximate surface area is 148 Å². The molecule has 132 valence electrons. The fraction of sp³-hybridized carbons (Fsp3) is 0.474. The number of sulfone groups is 1. The van der Waals surface area contributed by atoms with Crippen molar-refractivity contribution in [1.29, 1.82) is 0 Å². The number of rotatable bonds is 3. The summed E-state index contributed by atoms with van der Waals surface area (Å²) in [5.41, 5.74) is 1.16. The van der Waals surface area contributed by atoms with Crippen molar-refractivity contribution in [3.63, 3.8) is 0 Å². The highest BCUT2D eigenvalue weighted by molar-refractivity contribution is 7.92. The van der Waals surface area contributed by atoms with Crippen LogP contribution in [-0.4, -0.2) is 47.8 Å². The van der Waals surface area contributed by atoms with E-state index in [1.54, 1.807) is 11.0 Å². The zero-order valence-corrected chi connectivity index (χ0v) is 14.9. The van der Waals surface area contributed by atoms with Gasteiger partial charge in [0, 0.05) is 18.5 Å². The molecule has 2 aliphatic rings. The molecule has 1 saturated heterocycles. The first-order chi connectivity index (χ1) is 12.1. The van der Waals surface area contributed by atoms with Crippen molar-refractivity contribution < 1.29 is 13.2 Å². The minimum Gasteiger partial charge on any atom is -0.335 e. The van der Waals surface area contributed by atoms with Crippen molar-refractivity contribution in [2.24, 2.45) is 0 Å². The van der Waals surface area contributed by atoms with Crippen molar-refractivity contribution in [3.8, 4) is 0 Å². The zero-order valence-electron chi connectivity index (χ0n) is 14.1. The van der Waals surface area contributed by atoms with E-state index in [0.717, 1.165) is 43.0 Å². The number of para-hydroxylation sites is 1. The van der Waals surface area contributed by atoms with E-state index in [1.165, 1.54) is 0 Å². The number of amides is 1. The van der Waals surface area contributed by atoms with Crippen LogP contribution in [0.4, 0.5) is 0 Å². The van der Waals surface area contributed by atoms with Crippen molar-refractivity contribution in [2.45, 2.75) is 42.6 Å². The van der Waals surface area contributed by atoms with Crippen LogP contribution < -0.4 is 0 Å². The van der Waals surface area contributed by atoms with Crippen molar-refractivity contribution in [1.82, 2.24) is 9.88 Å². The topological polar surface area (TPSA) is 67.3 Å². The maximum absolute atomic E-state index is 12.7. The number of benzene rings is 1. The molecule has 2 heterocycles. The van der Waals surface area contributed by atoms with Gasteiger partial charge in [0.2, 0.25) is 0 Å². The molecule has 0 unspecified atom stereocenters. The summed E-state index contributed by atoms with van der Waals surface area (Å²) in [7, 11) is -3.12. The molecule has 0 radical (unpaired) electrons. The predicted molar refractivity (Wildman–Crippen MR) is 97.2 cm³/mol. The lowest BCUT2D eigenvalue weighted by atomic mass is 10.0. The van der Waals surface area contributed by atoms with Gasteiger partial charge in [-0.05, 0) is 25.0 Å². The molecule has 6 heteroatoms. The van der Waals surface area contributed by atoms with Crippen LogP contribution >= 0.6 is 0 Å². The third kappa shape index (κ3) is 3.03. The van der Waals surface area contributed by atoms with Gasteiger partial charge in [-0.1, -0.05) is 43.5 Å². The summed E-state index contributed by atoms with van der Waals surface area (Å²) >= 11 is 0. The quantitative estimate of drug-likeness (QED) is 0.846. The molecular formula is C19H22N2O3S. The minimum absolute atomic E-state index is 0.180. The fourth-order valence-corrected chi connectivity index (χ4v) is 6.13. The number of aromatic nitrogens is 1. The van der Waals surface area contributed by atoms with Gasteiger partial charge in [-0.25, -0.2) is 13.4 Å². The van der Waals surface area contributed by atoms with Crippen molar-refractivity contribution in [3.05, 3.63) is 42.1 Å². The number of pyridine rings is 1. The van der Waals surface area contributed by atoms with E-state index in [1.807, 2.05) is 30.3 Å². The molecule has 1 aromatic heterocycles.